The number of halogens is 3. The summed E-state index contributed by atoms with van der Waals surface area (Å²) in [5.41, 5.74) is 0.539. The maximum Gasteiger partial charge on any atom is 0.266 e. The predicted molar refractivity (Wildman–Crippen MR) is 51.4 cm³/mol. The molecule has 5 heteroatoms. The normalized spacial score (nSPS) is 10.2. The number of rotatable bonds is 1. The van der Waals surface area contributed by atoms with Gasteiger partial charge in [-0.2, -0.15) is 5.26 Å². The van der Waals surface area contributed by atoms with Crippen molar-refractivity contribution in [2.45, 2.75) is 13.3 Å². The van der Waals surface area contributed by atoms with Gasteiger partial charge >= 0.3 is 0 Å². The van der Waals surface area contributed by atoms with Crippen molar-refractivity contribution in [2.75, 3.05) is 0 Å². The maximum absolute atomic E-state index is 12.3. The lowest BCUT2D eigenvalue weighted by atomic mass is 10.1. The van der Waals surface area contributed by atoms with E-state index in [-0.39, 0.29) is 11.1 Å². The third kappa shape index (κ3) is 1.94. The van der Waals surface area contributed by atoms with Gasteiger partial charge in [0.25, 0.3) is 6.43 Å². The van der Waals surface area contributed by atoms with Crippen LogP contribution in [0.5, 0.6) is 0 Å². The SMILES string of the molecule is Cc1ncc(C(F)F)c(I)c1C#N. The number of pyridine rings is 1. The smallest absolute Gasteiger partial charge is 0.260 e. The summed E-state index contributed by atoms with van der Waals surface area (Å²) in [4.78, 5) is 3.72. The second-order valence-electron chi connectivity index (χ2n) is 2.40. The van der Waals surface area contributed by atoms with Gasteiger partial charge in [0.1, 0.15) is 6.07 Å². The zero-order valence-corrected chi connectivity index (χ0v) is 8.84. The molecule has 0 N–H and O–H groups in total. The molecule has 0 aliphatic rings. The molecule has 68 valence electrons. The Hall–Kier alpha value is -0.770. The van der Waals surface area contributed by atoms with E-state index in [1.807, 2.05) is 6.07 Å². The van der Waals surface area contributed by atoms with Crippen LogP contribution in [0.1, 0.15) is 23.2 Å². The fraction of sp³-hybridized carbons (Fsp3) is 0.250. The van der Waals surface area contributed by atoms with Crippen LogP contribution < -0.4 is 0 Å². The van der Waals surface area contributed by atoms with Gasteiger partial charge in [-0.15, -0.1) is 0 Å². The second-order valence-corrected chi connectivity index (χ2v) is 3.48. The maximum atomic E-state index is 12.3. The lowest BCUT2D eigenvalue weighted by molar-refractivity contribution is 0.150. The molecule has 0 spiro atoms. The summed E-state index contributed by atoms with van der Waals surface area (Å²) in [6.45, 7) is 1.62. The van der Waals surface area contributed by atoms with Gasteiger partial charge in [0, 0.05) is 9.77 Å². The zero-order chi connectivity index (χ0) is 10.0. The Morgan fingerprint density at radius 2 is 2.23 bits per heavy atom. The van der Waals surface area contributed by atoms with E-state index >= 15 is 0 Å². The number of aromatic nitrogens is 1. The molecule has 0 atom stereocenters. The van der Waals surface area contributed by atoms with E-state index in [0.29, 0.717) is 9.26 Å². The highest BCUT2D eigenvalue weighted by Crippen LogP contribution is 2.26. The van der Waals surface area contributed by atoms with E-state index in [2.05, 4.69) is 4.98 Å². The summed E-state index contributed by atoms with van der Waals surface area (Å²) < 4.78 is 24.9. The van der Waals surface area contributed by atoms with Crippen LogP contribution in [0.3, 0.4) is 0 Å². The zero-order valence-electron chi connectivity index (χ0n) is 6.68. The van der Waals surface area contributed by atoms with Crippen molar-refractivity contribution in [3.8, 4) is 6.07 Å². The molecular weight excluding hydrogens is 289 g/mol. The van der Waals surface area contributed by atoms with E-state index in [9.17, 15) is 8.78 Å². The summed E-state index contributed by atoms with van der Waals surface area (Å²) >= 11 is 1.74. The molecule has 0 aliphatic carbocycles. The highest BCUT2D eigenvalue weighted by Gasteiger charge is 2.16. The molecule has 1 aromatic heterocycles. The molecule has 0 unspecified atom stereocenters. The van der Waals surface area contributed by atoms with Gasteiger partial charge in [0.15, 0.2) is 0 Å². The Morgan fingerprint density at radius 1 is 1.62 bits per heavy atom. The van der Waals surface area contributed by atoms with Crippen molar-refractivity contribution in [3.05, 3.63) is 26.6 Å². The highest BCUT2D eigenvalue weighted by atomic mass is 127. The van der Waals surface area contributed by atoms with Crippen LogP contribution in [-0.2, 0) is 0 Å². The number of hydrogen-bond donors (Lipinski definition) is 0. The molecule has 0 saturated carbocycles. The lowest BCUT2D eigenvalue weighted by Crippen LogP contribution is -1.98. The van der Waals surface area contributed by atoms with Crippen LogP contribution >= 0.6 is 22.6 Å². The van der Waals surface area contributed by atoms with Gasteiger partial charge in [-0.05, 0) is 29.5 Å². The quantitative estimate of drug-likeness (QED) is 0.747. The average Bonchev–Trinajstić information content (AvgIpc) is 2.04. The predicted octanol–water partition coefficient (Wildman–Crippen LogP) is 2.80. The molecule has 1 heterocycles. The van der Waals surface area contributed by atoms with Crippen LogP contribution in [0.15, 0.2) is 6.20 Å². The van der Waals surface area contributed by atoms with Crippen molar-refractivity contribution in [2.24, 2.45) is 0 Å². The molecular formula is C8H5F2IN2. The Bertz CT molecular complexity index is 371. The molecule has 13 heavy (non-hydrogen) atoms. The monoisotopic (exact) mass is 294 g/mol. The minimum Gasteiger partial charge on any atom is -0.260 e. The first-order valence-electron chi connectivity index (χ1n) is 3.41. The Labute approximate surface area is 87.7 Å². The van der Waals surface area contributed by atoms with E-state index in [0.717, 1.165) is 6.20 Å². The number of nitriles is 1. The fourth-order valence-corrected chi connectivity index (χ4v) is 1.76. The summed E-state index contributed by atoms with van der Waals surface area (Å²) in [5.74, 6) is 0. The van der Waals surface area contributed by atoms with Crippen molar-refractivity contribution in [1.29, 1.82) is 5.26 Å². The van der Waals surface area contributed by atoms with Crippen molar-refractivity contribution >= 4 is 22.6 Å². The van der Waals surface area contributed by atoms with Gasteiger partial charge in [-0.3, -0.25) is 4.98 Å². The Kier molecular flexibility index (Phi) is 3.14. The molecule has 1 aromatic rings. The van der Waals surface area contributed by atoms with E-state index in [4.69, 9.17) is 5.26 Å². The highest BCUT2D eigenvalue weighted by molar-refractivity contribution is 14.1. The lowest BCUT2D eigenvalue weighted by Gasteiger charge is -2.05. The van der Waals surface area contributed by atoms with Crippen molar-refractivity contribution in [1.82, 2.24) is 4.98 Å². The first-order chi connectivity index (χ1) is 6.07. The molecule has 0 aliphatic heterocycles. The van der Waals surface area contributed by atoms with E-state index in [1.54, 1.807) is 29.5 Å². The van der Waals surface area contributed by atoms with Gasteiger partial charge in [0.05, 0.1) is 16.8 Å². The molecule has 2 nitrogen and oxygen atoms in total. The summed E-state index contributed by atoms with van der Waals surface area (Å²) in [6.07, 6.45) is -1.46. The third-order valence-corrected chi connectivity index (χ3v) is 2.74. The average molecular weight is 294 g/mol. The third-order valence-electron chi connectivity index (χ3n) is 1.58. The second kappa shape index (κ2) is 3.96. The molecule has 0 aromatic carbocycles. The van der Waals surface area contributed by atoms with Gasteiger partial charge in [-0.1, -0.05) is 0 Å². The molecule has 1 rings (SSSR count). The van der Waals surface area contributed by atoms with Crippen LogP contribution in [-0.4, -0.2) is 4.98 Å². The largest absolute Gasteiger partial charge is 0.266 e. The first kappa shape index (κ1) is 10.3. The minimum absolute atomic E-state index is 0.178. The topological polar surface area (TPSA) is 36.7 Å². The summed E-state index contributed by atoms with van der Waals surface area (Å²) in [6, 6.07) is 1.86. The Balaban J connectivity index is 3.38. The molecule has 0 radical (unpaired) electrons. The van der Waals surface area contributed by atoms with Crippen molar-refractivity contribution in [3.63, 3.8) is 0 Å². The first-order valence-corrected chi connectivity index (χ1v) is 4.49. The van der Waals surface area contributed by atoms with Gasteiger partial charge in [-0.25, -0.2) is 8.78 Å². The van der Waals surface area contributed by atoms with Gasteiger partial charge < -0.3 is 0 Å². The van der Waals surface area contributed by atoms with Crippen LogP contribution in [0.2, 0.25) is 0 Å². The molecule has 0 amide bonds. The number of aryl methyl sites for hydroxylation is 1. The van der Waals surface area contributed by atoms with Crippen LogP contribution in [0.25, 0.3) is 0 Å². The Morgan fingerprint density at radius 3 is 2.69 bits per heavy atom. The van der Waals surface area contributed by atoms with Crippen LogP contribution in [0, 0.1) is 21.8 Å². The summed E-state index contributed by atoms with van der Waals surface area (Å²) in [5, 5.41) is 8.67. The van der Waals surface area contributed by atoms with E-state index < -0.39 is 6.43 Å². The number of alkyl halides is 2. The molecule has 0 bridgehead atoms. The number of nitrogens with zero attached hydrogens (tertiary/aromatic N) is 2. The standard InChI is InChI=1S/C8H5F2IN2/c1-4-5(2-12)7(11)6(3-13-4)8(9)10/h3,8H,1H3. The molecule has 0 fully saturated rings. The minimum atomic E-state index is -2.58. The van der Waals surface area contributed by atoms with Crippen molar-refractivity contribution < 1.29 is 8.78 Å². The van der Waals surface area contributed by atoms with Gasteiger partial charge in [0.2, 0.25) is 0 Å². The van der Waals surface area contributed by atoms with Crippen LogP contribution in [0.4, 0.5) is 8.78 Å². The fourth-order valence-electron chi connectivity index (χ4n) is 0.873. The summed E-state index contributed by atoms with van der Waals surface area (Å²) in [7, 11) is 0. The molecule has 0 saturated heterocycles. The van der Waals surface area contributed by atoms with E-state index in [1.165, 1.54) is 0 Å². The number of hydrogen-bond acceptors (Lipinski definition) is 2.